The van der Waals surface area contributed by atoms with Gasteiger partial charge in [-0.1, -0.05) is 35.5 Å². The van der Waals surface area contributed by atoms with E-state index in [2.05, 4.69) is 20.9 Å². The standard InChI is InChI=1S/C22H24N6O3/c1-16-6-5-7-17(14-16)24-22(30)23-15-19-20-21(29)27(10-11-28(20)26-25-19)12-13-31-18-8-3-2-4-9-18/h2-9,14H,10-13,15H2,1H3,(H2,23,24,30). The maximum atomic E-state index is 13.0. The molecule has 31 heavy (non-hydrogen) atoms. The number of carbonyl (C=O) groups is 2. The van der Waals surface area contributed by atoms with Gasteiger partial charge in [-0.2, -0.15) is 0 Å². The third kappa shape index (κ3) is 5.00. The summed E-state index contributed by atoms with van der Waals surface area (Å²) in [6.07, 6.45) is 0. The van der Waals surface area contributed by atoms with Crippen LogP contribution in [0.4, 0.5) is 10.5 Å². The molecule has 1 aliphatic heterocycles. The minimum absolute atomic E-state index is 0.104. The van der Waals surface area contributed by atoms with Crippen LogP contribution in [-0.2, 0) is 13.1 Å². The van der Waals surface area contributed by atoms with Gasteiger partial charge in [-0.15, -0.1) is 5.10 Å². The highest BCUT2D eigenvalue weighted by atomic mass is 16.5. The second kappa shape index (κ2) is 9.29. The van der Waals surface area contributed by atoms with Gasteiger partial charge in [0.25, 0.3) is 5.91 Å². The molecule has 0 unspecified atom stereocenters. The van der Waals surface area contributed by atoms with E-state index in [4.69, 9.17) is 4.74 Å². The summed E-state index contributed by atoms with van der Waals surface area (Å²) in [5.74, 6) is 0.604. The van der Waals surface area contributed by atoms with Crippen molar-refractivity contribution in [3.63, 3.8) is 0 Å². The number of nitrogens with zero attached hydrogens (tertiary/aromatic N) is 4. The number of nitrogens with one attached hydrogen (secondary N) is 2. The number of hydrogen-bond acceptors (Lipinski definition) is 5. The first kappa shape index (κ1) is 20.4. The van der Waals surface area contributed by atoms with E-state index in [9.17, 15) is 9.59 Å². The zero-order chi connectivity index (χ0) is 21.6. The number of benzene rings is 2. The van der Waals surface area contributed by atoms with E-state index in [0.717, 1.165) is 11.3 Å². The van der Waals surface area contributed by atoms with Gasteiger partial charge in [0.1, 0.15) is 18.1 Å². The second-order valence-corrected chi connectivity index (χ2v) is 7.24. The highest BCUT2D eigenvalue weighted by molar-refractivity contribution is 5.94. The number of anilines is 1. The van der Waals surface area contributed by atoms with Gasteiger partial charge in [0, 0.05) is 12.2 Å². The number of fused-ring (bicyclic) bond motifs is 1. The summed E-state index contributed by atoms with van der Waals surface area (Å²) in [6, 6.07) is 16.6. The molecular weight excluding hydrogens is 396 g/mol. The Kier molecular flexibility index (Phi) is 6.11. The normalized spacial score (nSPS) is 12.9. The van der Waals surface area contributed by atoms with Crippen molar-refractivity contribution in [2.24, 2.45) is 0 Å². The Morgan fingerprint density at radius 1 is 1.13 bits per heavy atom. The van der Waals surface area contributed by atoms with Crippen LogP contribution in [0.15, 0.2) is 54.6 Å². The molecule has 0 aliphatic carbocycles. The molecule has 3 aromatic rings. The van der Waals surface area contributed by atoms with Crippen molar-refractivity contribution in [2.45, 2.75) is 20.0 Å². The van der Waals surface area contributed by atoms with E-state index in [1.54, 1.807) is 9.58 Å². The lowest BCUT2D eigenvalue weighted by molar-refractivity contribution is 0.0668. The molecule has 3 amide bonds. The van der Waals surface area contributed by atoms with E-state index in [1.165, 1.54) is 0 Å². The lowest BCUT2D eigenvalue weighted by atomic mass is 10.2. The number of rotatable bonds is 7. The van der Waals surface area contributed by atoms with Crippen LogP contribution in [0.5, 0.6) is 5.75 Å². The Labute approximate surface area is 180 Å². The average molecular weight is 420 g/mol. The zero-order valence-corrected chi connectivity index (χ0v) is 17.2. The fraction of sp³-hybridized carbons (Fsp3) is 0.273. The fourth-order valence-electron chi connectivity index (χ4n) is 3.39. The first-order valence-corrected chi connectivity index (χ1v) is 10.1. The molecule has 0 radical (unpaired) electrons. The predicted molar refractivity (Wildman–Crippen MR) is 115 cm³/mol. The summed E-state index contributed by atoms with van der Waals surface area (Å²) in [7, 11) is 0. The maximum Gasteiger partial charge on any atom is 0.319 e. The van der Waals surface area contributed by atoms with Crippen LogP contribution in [0, 0.1) is 6.92 Å². The van der Waals surface area contributed by atoms with Crippen LogP contribution in [0.2, 0.25) is 0 Å². The molecule has 0 saturated carbocycles. The summed E-state index contributed by atoms with van der Waals surface area (Å²) >= 11 is 0. The summed E-state index contributed by atoms with van der Waals surface area (Å²) in [6.45, 7) is 3.99. The number of para-hydroxylation sites is 1. The molecule has 0 spiro atoms. The van der Waals surface area contributed by atoms with Crippen LogP contribution in [0.3, 0.4) is 0 Å². The van der Waals surface area contributed by atoms with E-state index in [0.29, 0.717) is 43.3 Å². The highest BCUT2D eigenvalue weighted by Gasteiger charge is 2.29. The number of carbonyl (C=O) groups excluding carboxylic acids is 2. The Balaban J connectivity index is 1.33. The second-order valence-electron chi connectivity index (χ2n) is 7.24. The van der Waals surface area contributed by atoms with Crippen LogP contribution >= 0.6 is 0 Å². The fourth-order valence-corrected chi connectivity index (χ4v) is 3.39. The molecule has 0 fully saturated rings. The minimum Gasteiger partial charge on any atom is -0.492 e. The predicted octanol–water partition coefficient (Wildman–Crippen LogP) is 2.44. The van der Waals surface area contributed by atoms with Crippen LogP contribution in [0.25, 0.3) is 0 Å². The van der Waals surface area contributed by atoms with Gasteiger partial charge in [-0.25, -0.2) is 9.48 Å². The molecule has 0 bridgehead atoms. The summed E-state index contributed by atoms with van der Waals surface area (Å²) in [5, 5.41) is 13.7. The van der Waals surface area contributed by atoms with E-state index < -0.39 is 0 Å². The van der Waals surface area contributed by atoms with E-state index >= 15 is 0 Å². The number of urea groups is 1. The lowest BCUT2D eigenvalue weighted by Crippen LogP contribution is -2.43. The quantitative estimate of drug-likeness (QED) is 0.611. The Morgan fingerprint density at radius 2 is 1.97 bits per heavy atom. The Morgan fingerprint density at radius 3 is 2.77 bits per heavy atom. The van der Waals surface area contributed by atoms with Crippen LogP contribution in [-0.4, -0.2) is 51.5 Å². The number of ether oxygens (including phenoxy) is 1. The van der Waals surface area contributed by atoms with Crippen LogP contribution in [0.1, 0.15) is 21.7 Å². The van der Waals surface area contributed by atoms with E-state index in [1.807, 2.05) is 61.5 Å². The molecule has 2 N–H and O–H groups in total. The van der Waals surface area contributed by atoms with Crippen molar-refractivity contribution < 1.29 is 14.3 Å². The minimum atomic E-state index is -0.372. The lowest BCUT2D eigenvalue weighted by Gasteiger charge is -2.27. The third-order valence-electron chi connectivity index (χ3n) is 4.94. The third-order valence-corrected chi connectivity index (χ3v) is 4.94. The Hall–Kier alpha value is -3.88. The Bertz CT molecular complexity index is 1070. The molecule has 9 nitrogen and oxygen atoms in total. The molecule has 160 valence electrons. The van der Waals surface area contributed by atoms with Crippen molar-refractivity contribution in [3.05, 3.63) is 71.5 Å². The summed E-state index contributed by atoms with van der Waals surface area (Å²) < 4.78 is 7.29. The molecule has 4 rings (SSSR count). The molecule has 0 atom stereocenters. The number of aryl methyl sites for hydroxylation is 1. The average Bonchev–Trinajstić information content (AvgIpc) is 3.18. The molecule has 2 aromatic carbocycles. The van der Waals surface area contributed by atoms with Crippen molar-refractivity contribution in [1.82, 2.24) is 25.2 Å². The first-order chi connectivity index (χ1) is 15.1. The smallest absolute Gasteiger partial charge is 0.319 e. The molecule has 1 aromatic heterocycles. The van der Waals surface area contributed by atoms with Crippen LogP contribution < -0.4 is 15.4 Å². The van der Waals surface area contributed by atoms with Gasteiger partial charge >= 0.3 is 6.03 Å². The molecule has 1 aliphatic rings. The topological polar surface area (TPSA) is 101 Å². The molecule has 9 heteroatoms. The van der Waals surface area contributed by atoms with Gasteiger partial charge in [0.2, 0.25) is 0 Å². The molecule has 2 heterocycles. The number of amides is 3. The summed E-state index contributed by atoms with van der Waals surface area (Å²) in [4.78, 5) is 26.9. The van der Waals surface area contributed by atoms with E-state index in [-0.39, 0.29) is 18.5 Å². The molecular formula is C22H24N6O3. The van der Waals surface area contributed by atoms with Crippen molar-refractivity contribution in [1.29, 1.82) is 0 Å². The SMILES string of the molecule is Cc1cccc(NC(=O)NCc2nnn3c2C(=O)N(CCOc2ccccc2)CC3)c1. The number of aromatic nitrogens is 3. The van der Waals surface area contributed by atoms with Gasteiger partial charge in [-0.3, -0.25) is 4.79 Å². The number of hydrogen-bond donors (Lipinski definition) is 2. The van der Waals surface area contributed by atoms with Gasteiger partial charge in [0.15, 0.2) is 5.69 Å². The van der Waals surface area contributed by atoms with Crippen molar-refractivity contribution >= 4 is 17.6 Å². The first-order valence-electron chi connectivity index (χ1n) is 10.1. The van der Waals surface area contributed by atoms with Crippen molar-refractivity contribution in [3.8, 4) is 5.75 Å². The largest absolute Gasteiger partial charge is 0.492 e. The van der Waals surface area contributed by atoms with Gasteiger partial charge < -0.3 is 20.3 Å². The highest BCUT2D eigenvalue weighted by Crippen LogP contribution is 2.16. The molecule has 0 saturated heterocycles. The maximum absolute atomic E-state index is 13.0. The van der Waals surface area contributed by atoms with Gasteiger partial charge in [0.05, 0.1) is 19.6 Å². The zero-order valence-electron chi connectivity index (χ0n) is 17.2. The monoisotopic (exact) mass is 420 g/mol. The van der Waals surface area contributed by atoms with Crippen molar-refractivity contribution in [2.75, 3.05) is 25.0 Å². The summed E-state index contributed by atoms with van der Waals surface area (Å²) in [5.41, 5.74) is 2.59. The van der Waals surface area contributed by atoms with Gasteiger partial charge in [-0.05, 0) is 36.8 Å².